The number of unbranched alkanes of at least 4 members (excludes halogenated alkanes) is 1. The van der Waals surface area contributed by atoms with Crippen molar-refractivity contribution in [3.05, 3.63) is 29.6 Å². The number of benzene rings is 1. The number of hydrogen-bond donors (Lipinski definition) is 1. The van der Waals surface area contributed by atoms with Gasteiger partial charge in [-0.05, 0) is 31.5 Å². The summed E-state index contributed by atoms with van der Waals surface area (Å²) in [5.41, 5.74) is 0.824. The molecule has 0 aliphatic rings. The minimum atomic E-state index is -0.374. The molecule has 0 spiro atoms. The molecule has 0 unspecified atom stereocenters. The van der Waals surface area contributed by atoms with E-state index < -0.39 is 0 Å². The second-order valence-electron chi connectivity index (χ2n) is 3.53. The van der Waals surface area contributed by atoms with Crippen LogP contribution in [0.2, 0.25) is 0 Å². The first-order valence-corrected chi connectivity index (χ1v) is 5.30. The fourth-order valence-corrected chi connectivity index (χ4v) is 1.29. The van der Waals surface area contributed by atoms with Gasteiger partial charge in [0, 0.05) is 5.56 Å². The lowest BCUT2D eigenvalue weighted by atomic mass is 10.1. The average Bonchev–Trinajstić information content (AvgIpc) is 2.30. The molecule has 0 fully saturated rings. The summed E-state index contributed by atoms with van der Waals surface area (Å²) in [6.45, 7) is 4.24. The van der Waals surface area contributed by atoms with Crippen LogP contribution in [0.15, 0.2) is 23.4 Å². The molecule has 0 saturated carbocycles. The van der Waals surface area contributed by atoms with Crippen molar-refractivity contribution in [3.8, 4) is 5.75 Å². The fraction of sp³-hybridized carbons (Fsp3) is 0.417. The maximum absolute atomic E-state index is 13.0. The third-order valence-corrected chi connectivity index (χ3v) is 2.24. The average molecular weight is 225 g/mol. The van der Waals surface area contributed by atoms with Crippen molar-refractivity contribution in [2.75, 3.05) is 6.61 Å². The second-order valence-corrected chi connectivity index (χ2v) is 3.53. The molecular formula is C12H16FNO2. The van der Waals surface area contributed by atoms with Gasteiger partial charge in [0.1, 0.15) is 11.6 Å². The van der Waals surface area contributed by atoms with Crippen molar-refractivity contribution in [2.45, 2.75) is 26.7 Å². The molecule has 1 rings (SSSR count). The Hall–Kier alpha value is -1.58. The van der Waals surface area contributed by atoms with Crippen LogP contribution in [0.1, 0.15) is 32.3 Å². The zero-order valence-electron chi connectivity index (χ0n) is 9.53. The molecule has 1 N–H and O–H groups in total. The molecule has 88 valence electrons. The highest BCUT2D eigenvalue weighted by Gasteiger charge is 2.08. The van der Waals surface area contributed by atoms with E-state index in [0.717, 1.165) is 12.8 Å². The summed E-state index contributed by atoms with van der Waals surface area (Å²) < 4.78 is 18.5. The monoisotopic (exact) mass is 225 g/mol. The van der Waals surface area contributed by atoms with Crippen LogP contribution in [0.4, 0.5) is 4.39 Å². The number of halogens is 1. The van der Waals surface area contributed by atoms with Crippen molar-refractivity contribution in [1.29, 1.82) is 0 Å². The van der Waals surface area contributed by atoms with Crippen LogP contribution in [0, 0.1) is 5.82 Å². The van der Waals surface area contributed by atoms with Gasteiger partial charge in [0.05, 0.1) is 12.3 Å². The van der Waals surface area contributed by atoms with Crippen LogP contribution in [-0.2, 0) is 0 Å². The number of ether oxygens (including phenoxy) is 1. The molecule has 0 heterocycles. The maximum Gasteiger partial charge on any atom is 0.128 e. The van der Waals surface area contributed by atoms with Crippen LogP contribution < -0.4 is 4.74 Å². The van der Waals surface area contributed by atoms with Gasteiger partial charge >= 0.3 is 0 Å². The standard InChI is InChI=1S/C12H16FNO2/c1-3-4-7-16-12-6-5-10(13)8-11(12)9(2)14-15/h5-6,8,15H,3-4,7H2,1-2H3. The zero-order chi connectivity index (χ0) is 12.0. The fourth-order valence-electron chi connectivity index (χ4n) is 1.29. The molecule has 0 bridgehead atoms. The molecule has 0 amide bonds. The SMILES string of the molecule is CCCCOc1ccc(F)cc1C(C)=NO. The van der Waals surface area contributed by atoms with Crippen LogP contribution in [0.5, 0.6) is 5.75 Å². The van der Waals surface area contributed by atoms with Crippen LogP contribution in [0.25, 0.3) is 0 Å². The van der Waals surface area contributed by atoms with Crippen LogP contribution >= 0.6 is 0 Å². The molecule has 0 aromatic heterocycles. The molecule has 1 aromatic carbocycles. The van der Waals surface area contributed by atoms with Crippen LogP contribution in [0.3, 0.4) is 0 Å². The Bertz CT molecular complexity index is 377. The van der Waals surface area contributed by atoms with E-state index in [-0.39, 0.29) is 5.82 Å². The third kappa shape index (κ3) is 3.22. The van der Waals surface area contributed by atoms with E-state index in [4.69, 9.17) is 9.94 Å². The zero-order valence-corrected chi connectivity index (χ0v) is 9.53. The Balaban J connectivity index is 2.89. The lowest BCUT2D eigenvalue weighted by Gasteiger charge is -2.10. The van der Waals surface area contributed by atoms with Gasteiger partial charge in [0.2, 0.25) is 0 Å². The van der Waals surface area contributed by atoms with Crippen LogP contribution in [-0.4, -0.2) is 17.5 Å². The second kappa shape index (κ2) is 6.10. The predicted molar refractivity (Wildman–Crippen MR) is 60.8 cm³/mol. The first kappa shape index (κ1) is 12.5. The molecule has 0 aliphatic carbocycles. The summed E-state index contributed by atoms with van der Waals surface area (Å²) >= 11 is 0. The Morgan fingerprint density at radius 3 is 2.88 bits per heavy atom. The quantitative estimate of drug-likeness (QED) is 0.362. The van der Waals surface area contributed by atoms with Crippen molar-refractivity contribution in [1.82, 2.24) is 0 Å². The largest absolute Gasteiger partial charge is 0.493 e. The lowest BCUT2D eigenvalue weighted by Crippen LogP contribution is -2.04. The molecule has 1 aromatic rings. The molecule has 0 aliphatic heterocycles. The number of rotatable bonds is 5. The van der Waals surface area contributed by atoms with Crippen molar-refractivity contribution < 1.29 is 14.3 Å². The highest BCUT2D eigenvalue weighted by molar-refractivity contribution is 6.00. The summed E-state index contributed by atoms with van der Waals surface area (Å²) in [7, 11) is 0. The van der Waals surface area contributed by atoms with E-state index >= 15 is 0 Å². The third-order valence-electron chi connectivity index (χ3n) is 2.24. The summed E-state index contributed by atoms with van der Waals surface area (Å²) in [5, 5.41) is 11.7. The van der Waals surface area contributed by atoms with E-state index in [2.05, 4.69) is 12.1 Å². The summed E-state index contributed by atoms with van der Waals surface area (Å²) in [5.74, 6) is 0.172. The molecule has 0 radical (unpaired) electrons. The summed E-state index contributed by atoms with van der Waals surface area (Å²) in [6.07, 6.45) is 1.97. The Morgan fingerprint density at radius 1 is 1.50 bits per heavy atom. The molecule has 4 heteroatoms. The highest BCUT2D eigenvalue weighted by atomic mass is 19.1. The minimum absolute atomic E-state index is 0.339. The van der Waals surface area contributed by atoms with E-state index in [1.165, 1.54) is 12.1 Å². The summed E-state index contributed by atoms with van der Waals surface area (Å²) in [6, 6.07) is 4.18. The van der Waals surface area contributed by atoms with Gasteiger partial charge in [0.25, 0.3) is 0 Å². The first-order valence-electron chi connectivity index (χ1n) is 5.30. The summed E-state index contributed by atoms with van der Waals surface area (Å²) in [4.78, 5) is 0. The van der Waals surface area contributed by atoms with Gasteiger partial charge in [-0.2, -0.15) is 0 Å². The Labute approximate surface area is 94.5 Å². The smallest absolute Gasteiger partial charge is 0.128 e. The minimum Gasteiger partial charge on any atom is -0.493 e. The maximum atomic E-state index is 13.0. The highest BCUT2D eigenvalue weighted by Crippen LogP contribution is 2.21. The Kier molecular flexibility index (Phi) is 4.76. The topological polar surface area (TPSA) is 41.8 Å². The Morgan fingerprint density at radius 2 is 2.25 bits per heavy atom. The number of nitrogens with zero attached hydrogens (tertiary/aromatic N) is 1. The van der Waals surface area contributed by atoms with Gasteiger partial charge in [-0.15, -0.1) is 0 Å². The predicted octanol–water partition coefficient (Wildman–Crippen LogP) is 3.20. The molecule has 3 nitrogen and oxygen atoms in total. The normalized spacial score (nSPS) is 11.6. The first-order chi connectivity index (χ1) is 7.69. The van der Waals surface area contributed by atoms with Gasteiger partial charge in [-0.1, -0.05) is 18.5 Å². The van der Waals surface area contributed by atoms with Crippen molar-refractivity contribution in [3.63, 3.8) is 0 Å². The molecule has 16 heavy (non-hydrogen) atoms. The van der Waals surface area contributed by atoms with E-state index in [9.17, 15) is 4.39 Å². The van der Waals surface area contributed by atoms with E-state index in [1.807, 2.05) is 0 Å². The van der Waals surface area contributed by atoms with Crippen molar-refractivity contribution in [2.24, 2.45) is 5.16 Å². The number of hydrogen-bond acceptors (Lipinski definition) is 3. The van der Waals surface area contributed by atoms with Gasteiger partial charge in [0.15, 0.2) is 0 Å². The van der Waals surface area contributed by atoms with Gasteiger partial charge in [-0.25, -0.2) is 4.39 Å². The number of oxime groups is 1. The molecule has 0 saturated heterocycles. The van der Waals surface area contributed by atoms with Crippen molar-refractivity contribution >= 4 is 5.71 Å². The molecule has 0 atom stereocenters. The molecular weight excluding hydrogens is 209 g/mol. The lowest BCUT2D eigenvalue weighted by molar-refractivity contribution is 0.305. The van der Waals surface area contributed by atoms with Gasteiger partial charge in [-0.3, -0.25) is 0 Å². The van der Waals surface area contributed by atoms with E-state index in [1.54, 1.807) is 13.0 Å². The van der Waals surface area contributed by atoms with E-state index in [0.29, 0.717) is 23.6 Å². The van der Waals surface area contributed by atoms with Gasteiger partial charge < -0.3 is 9.94 Å².